The molecule has 17 heavy (non-hydrogen) atoms. The standard InChI is InChI=1S/C13H18N2O2/c1-9-7-10(3-4-12(9)16)13(17)15-6-5-11(8-15)14-2/h3-4,7,11,14,16H,5-6,8H2,1-2H3. The molecular weight excluding hydrogens is 216 g/mol. The van der Waals surface area contributed by atoms with Gasteiger partial charge in [-0.15, -0.1) is 0 Å². The quantitative estimate of drug-likeness (QED) is 0.806. The number of hydrogen-bond donors (Lipinski definition) is 2. The molecule has 0 aromatic heterocycles. The van der Waals surface area contributed by atoms with Gasteiger partial charge in [-0.3, -0.25) is 4.79 Å². The van der Waals surface area contributed by atoms with E-state index in [9.17, 15) is 9.90 Å². The van der Waals surface area contributed by atoms with Crippen LogP contribution in [0.1, 0.15) is 22.3 Å². The van der Waals surface area contributed by atoms with E-state index in [-0.39, 0.29) is 11.7 Å². The van der Waals surface area contributed by atoms with Crippen molar-refractivity contribution in [1.29, 1.82) is 0 Å². The van der Waals surface area contributed by atoms with E-state index in [1.165, 1.54) is 0 Å². The minimum absolute atomic E-state index is 0.0471. The highest BCUT2D eigenvalue weighted by atomic mass is 16.3. The zero-order valence-electron chi connectivity index (χ0n) is 10.2. The Kier molecular flexibility index (Phi) is 3.33. The van der Waals surface area contributed by atoms with E-state index in [0.29, 0.717) is 11.6 Å². The van der Waals surface area contributed by atoms with E-state index in [4.69, 9.17) is 0 Å². The molecule has 1 aromatic rings. The number of likely N-dealkylation sites (N-methyl/N-ethyl adjacent to an activating group) is 1. The summed E-state index contributed by atoms with van der Waals surface area (Å²) in [5.74, 6) is 0.280. The Bertz CT molecular complexity index is 431. The smallest absolute Gasteiger partial charge is 0.253 e. The molecule has 1 aliphatic heterocycles. The first-order valence-corrected chi connectivity index (χ1v) is 5.88. The van der Waals surface area contributed by atoms with Crippen molar-refractivity contribution in [2.24, 2.45) is 0 Å². The second-order valence-corrected chi connectivity index (χ2v) is 4.53. The Labute approximate surface area is 101 Å². The van der Waals surface area contributed by atoms with Crippen LogP contribution in [-0.2, 0) is 0 Å². The molecule has 0 saturated carbocycles. The van der Waals surface area contributed by atoms with E-state index in [0.717, 1.165) is 25.1 Å². The molecule has 1 heterocycles. The molecule has 0 bridgehead atoms. The van der Waals surface area contributed by atoms with Crippen LogP contribution in [0.15, 0.2) is 18.2 Å². The lowest BCUT2D eigenvalue weighted by atomic mass is 10.1. The van der Waals surface area contributed by atoms with Gasteiger partial charge in [0.1, 0.15) is 5.75 Å². The fourth-order valence-electron chi connectivity index (χ4n) is 2.15. The Balaban J connectivity index is 2.12. The van der Waals surface area contributed by atoms with Crippen molar-refractivity contribution in [2.75, 3.05) is 20.1 Å². The maximum atomic E-state index is 12.2. The maximum Gasteiger partial charge on any atom is 0.253 e. The van der Waals surface area contributed by atoms with Crippen molar-refractivity contribution in [2.45, 2.75) is 19.4 Å². The van der Waals surface area contributed by atoms with E-state index < -0.39 is 0 Å². The average molecular weight is 234 g/mol. The van der Waals surface area contributed by atoms with E-state index >= 15 is 0 Å². The highest BCUT2D eigenvalue weighted by Gasteiger charge is 2.25. The number of phenols is 1. The Hall–Kier alpha value is -1.55. The number of benzene rings is 1. The van der Waals surface area contributed by atoms with E-state index in [1.807, 2.05) is 11.9 Å². The third-order valence-electron chi connectivity index (χ3n) is 3.33. The van der Waals surface area contributed by atoms with Gasteiger partial charge in [0, 0.05) is 24.7 Å². The molecule has 92 valence electrons. The van der Waals surface area contributed by atoms with Crippen LogP contribution >= 0.6 is 0 Å². The van der Waals surface area contributed by atoms with Gasteiger partial charge in [-0.2, -0.15) is 0 Å². The highest BCUT2D eigenvalue weighted by Crippen LogP contribution is 2.19. The first kappa shape index (κ1) is 11.9. The summed E-state index contributed by atoms with van der Waals surface area (Å²) < 4.78 is 0. The second-order valence-electron chi connectivity index (χ2n) is 4.53. The van der Waals surface area contributed by atoms with Gasteiger partial charge in [0.2, 0.25) is 0 Å². The van der Waals surface area contributed by atoms with Gasteiger partial charge in [-0.1, -0.05) is 0 Å². The topological polar surface area (TPSA) is 52.6 Å². The van der Waals surface area contributed by atoms with Gasteiger partial charge in [0.05, 0.1) is 0 Å². The molecular formula is C13H18N2O2. The molecule has 1 fully saturated rings. The number of aryl methyl sites for hydroxylation is 1. The molecule has 4 nitrogen and oxygen atoms in total. The molecule has 1 atom stereocenters. The summed E-state index contributed by atoms with van der Waals surface area (Å²) in [4.78, 5) is 14.0. The fourth-order valence-corrected chi connectivity index (χ4v) is 2.15. The lowest BCUT2D eigenvalue weighted by molar-refractivity contribution is 0.0789. The van der Waals surface area contributed by atoms with Crippen LogP contribution in [0.25, 0.3) is 0 Å². The van der Waals surface area contributed by atoms with Crippen LogP contribution < -0.4 is 5.32 Å². The molecule has 0 spiro atoms. The van der Waals surface area contributed by atoms with Crippen molar-refractivity contribution in [1.82, 2.24) is 10.2 Å². The number of hydrogen-bond acceptors (Lipinski definition) is 3. The number of phenolic OH excluding ortho intramolecular Hbond substituents is 1. The van der Waals surface area contributed by atoms with Crippen LogP contribution in [0.2, 0.25) is 0 Å². The van der Waals surface area contributed by atoms with Gasteiger partial charge < -0.3 is 15.3 Å². The maximum absolute atomic E-state index is 12.2. The lowest BCUT2D eigenvalue weighted by Gasteiger charge is -2.16. The number of nitrogens with zero attached hydrogens (tertiary/aromatic N) is 1. The number of carbonyl (C=O) groups is 1. The predicted molar refractivity (Wildman–Crippen MR) is 66.2 cm³/mol. The third-order valence-corrected chi connectivity index (χ3v) is 3.33. The molecule has 0 aliphatic carbocycles. The summed E-state index contributed by atoms with van der Waals surface area (Å²) in [6, 6.07) is 5.40. The Morgan fingerprint density at radius 3 is 2.88 bits per heavy atom. The highest BCUT2D eigenvalue weighted by molar-refractivity contribution is 5.94. The lowest BCUT2D eigenvalue weighted by Crippen LogP contribution is -2.33. The van der Waals surface area contributed by atoms with Gasteiger partial charge in [0.15, 0.2) is 0 Å². The SMILES string of the molecule is CNC1CCN(C(=O)c2ccc(O)c(C)c2)C1. The average Bonchev–Trinajstić information content (AvgIpc) is 2.80. The Morgan fingerprint density at radius 2 is 2.29 bits per heavy atom. The minimum Gasteiger partial charge on any atom is -0.508 e. The molecule has 1 unspecified atom stereocenters. The normalized spacial score (nSPS) is 19.6. The van der Waals surface area contributed by atoms with Crippen molar-refractivity contribution >= 4 is 5.91 Å². The number of rotatable bonds is 2. The fraction of sp³-hybridized carbons (Fsp3) is 0.462. The molecule has 4 heteroatoms. The van der Waals surface area contributed by atoms with Crippen molar-refractivity contribution < 1.29 is 9.90 Å². The minimum atomic E-state index is 0.0471. The number of carbonyl (C=O) groups excluding carboxylic acids is 1. The number of amides is 1. The predicted octanol–water partition coefficient (Wildman–Crippen LogP) is 1.13. The monoisotopic (exact) mass is 234 g/mol. The Morgan fingerprint density at radius 1 is 1.53 bits per heavy atom. The summed E-state index contributed by atoms with van der Waals surface area (Å²) in [5, 5.41) is 12.6. The zero-order chi connectivity index (χ0) is 12.4. The second kappa shape index (κ2) is 4.75. The molecule has 1 aliphatic rings. The molecule has 1 saturated heterocycles. The van der Waals surface area contributed by atoms with E-state index in [2.05, 4.69) is 5.32 Å². The summed E-state index contributed by atoms with van der Waals surface area (Å²) >= 11 is 0. The first-order chi connectivity index (χ1) is 8.11. The third kappa shape index (κ3) is 2.42. The van der Waals surface area contributed by atoms with Crippen LogP contribution in [0.3, 0.4) is 0 Å². The van der Waals surface area contributed by atoms with Crippen molar-refractivity contribution in [3.8, 4) is 5.75 Å². The van der Waals surface area contributed by atoms with Crippen LogP contribution in [0.5, 0.6) is 5.75 Å². The van der Waals surface area contributed by atoms with Crippen LogP contribution in [0.4, 0.5) is 0 Å². The molecule has 2 N–H and O–H groups in total. The van der Waals surface area contributed by atoms with Gasteiger partial charge in [0.25, 0.3) is 5.91 Å². The molecule has 1 amide bonds. The summed E-state index contributed by atoms with van der Waals surface area (Å²) in [7, 11) is 1.92. The molecule has 2 rings (SSSR count). The largest absolute Gasteiger partial charge is 0.508 e. The van der Waals surface area contributed by atoms with Gasteiger partial charge in [-0.05, 0) is 44.2 Å². The van der Waals surface area contributed by atoms with Gasteiger partial charge >= 0.3 is 0 Å². The first-order valence-electron chi connectivity index (χ1n) is 5.88. The summed E-state index contributed by atoms with van der Waals surface area (Å²) in [6.07, 6.45) is 0.999. The van der Waals surface area contributed by atoms with E-state index in [1.54, 1.807) is 25.1 Å². The molecule has 1 aromatic carbocycles. The zero-order valence-corrected chi connectivity index (χ0v) is 10.2. The number of nitrogens with one attached hydrogen (secondary N) is 1. The number of likely N-dealkylation sites (tertiary alicyclic amines) is 1. The summed E-state index contributed by atoms with van der Waals surface area (Å²) in [5.41, 5.74) is 1.39. The number of aromatic hydroxyl groups is 1. The summed E-state index contributed by atoms with van der Waals surface area (Å²) in [6.45, 7) is 3.35. The van der Waals surface area contributed by atoms with Crippen molar-refractivity contribution in [3.05, 3.63) is 29.3 Å². The van der Waals surface area contributed by atoms with Crippen LogP contribution in [-0.4, -0.2) is 42.1 Å². The van der Waals surface area contributed by atoms with Crippen LogP contribution in [0, 0.1) is 6.92 Å². The molecule has 0 radical (unpaired) electrons. The van der Waals surface area contributed by atoms with Crippen molar-refractivity contribution in [3.63, 3.8) is 0 Å². The van der Waals surface area contributed by atoms with Gasteiger partial charge in [-0.25, -0.2) is 0 Å².